The number of halogens is 6. The van der Waals surface area contributed by atoms with Crippen molar-refractivity contribution in [2.45, 2.75) is 25.7 Å². The molecule has 0 fully saturated rings. The lowest BCUT2D eigenvalue weighted by molar-refractivity contribution is -0.204. The number of rotatable bonds is 0. The van der Waals surface area contributed by atoms with Gasteiger partial charge in [-0.3, -0.25) is 0 Å². The van der Waals surface area contributed by atoms with Crippen LogP contribution in [0.1, 0.15) is 13.3 Å². The van der Waals surface area contributed by atoms with Gasteiger partial charge in [0.15, 0.2) is 0 Å². The highest BCUT2D eigenvalue weighted by Gasteiger charge is 2.52. The van der Waals surface area contributed by atoms with E-state index in [9.17, 15) is 26.3 Å². The summed E-state index contributed by atoms with van der Waals surface area (Å²) in [6.07, 6.45) is -8.20. The van der Waals surface area contributed by atoms with Crippen LogP contribution in [0.25, 0.3) is 0 Å². The van der Waals surface area contributed by atoms with E-state index in [0.717, 1.165) is 19.1 Å². The lowest BCUT2D eigenvalue weighted by Crippen LogP contribution is -2.36. The van der Waals surface area contributed by atoms with Gasteiger partial charge in [-0.1, -0.05) is 18.2 Å². The Balaban J connectivity index is 2.99. The first-order valence-electron chi connectivity index (χ1n) is 4.09. The summed E-state index contributed by atoms with van der Waals surface area (Å²) in [6.45, 7) is 0.752. The zero-order valence-corrected chi connectivity index (χ0v) is 7.71. The molecular formula is C9H8F6. The number of alkyl halides is 6. The monoisotopic (exact) mass is 230 g/mol. The summed E-state index contributed by atoms with van der Waals surface area (Å²) in [5.41, 5.74) is -3.57. The minimum atomic E-state index is -4.70. The molecule has 0 bridgehead atoms. The first kappa shape index (κ1) is 12.1. The Morgan fingerprint density at radius 3 is 2.07 bits per heavy atom. The Labute approximate surface area is 82.3 Å². The topological polar surface area (TPSA) is 0 Å². The molecule has 0 aliphatic heterocycles. The zero-order valence-electron chi connectivity index (χ0n) is 7.71. The number of hydrogen-bond acceptors (Lipinski definition) is 0. The molecule has 1 atom stereocenters. The zero-order chi connectivity index (χ0) is 11.9. The van der Waals surface area contributed by atoms with Crippen LogP contribution >= 0.6 is 0 Å². The Morgan fingerprint density at radius 1 is 1.13 bits per heavy atom. The molecule has 0 aromatic heterocycles. The van der Waals surface area contributed by atoms with Crippen molar-refractivity contribution in [1.82, 2.24) is 0 Å². The fraction of sp³-hybridized carbons (Fsp3) is 0.556. The van der Waals surface area contributed by atoms with E-state index in [1.165, 1.54) is 0 Å². The molecule has 0 radical (unpaired) electrons. The molecule has 0 heterocycles. The lowest BCUT2D eigenvalue weighted by Gasteiger charge is -2.32. The predicted octanol–water partition coefficient (Wildman–Crippen LogP) is 4.00. The van der Waals surface area contributed by atoms with Crippen LogP contribution in [-0.2, 0) is 0 Å². The normalized spacial score (nSPS) is 27.8. The molecule has 1 aliphatic carbocycles. The standard InChI is InChI=1S/C9H8F6/c1-7(9(13,14)15)4-2-3-6(5-7)8(10,11)12/h2-4H,5H2,1H3. The van der Waals surface area contributed by atoms with E-state index in [2.05, 4.69) is 0 Å². The predicted molar refractivity (Wildman–Crippen MR) is 42.1 cm³/mol. The van der Waals surface area contributed by atoms with E-state index in [-0.39, 0.29) is 0 Å². The second-order valence-corrected chi connectivity index (χ2v) is 3.64. The maximum absolute atomic E-state index is 12.4. The van der Waals surface area contributed by atoms with Crippen LogP contribution in [0.4, 0.5) is 26.3 Å². The second kappa shape index (κ2) is 3.28. The highest BCUT2D eigenvalue weighted by atomic mass is 19.4. The highest BCUT2D eigenvalue weighted by Crippen LogP contribution is 2.48. The molecule has 15 heavy (non-hydrogen) atoms. The summed E-state index contributed by atoms with van der Waals surface area (Å²) in [6, 6.07) is 0. The average Bonchev–Trinajstić information content (AvgIpc) is 2.00. The smallest absolute Gasteiger partial charge is 0.170 e. The van der Waals surface area contributed by atoms with Crippen LogP contribution in [0.3, 0.4) is 0 Å². The maximum Gasteiger partial charge on any atom is 0.412 e. The first-order chi connectivity index (χ1) is 6.56. The van der Waals surface area contributed by atoms with Crippen LogP contribution in [0.15, 0.2) is 23.8 Å². The van der Waals surface area contributed by atoms with Crippen molar-refractivity contribution < 1.29 is 26.3 Å². The van der Waals surface area contributed by atoms with E-state index < -0.39 is 29.8 Å². The van der Waals surface area contributed by atoms with Crippen molar-refractivity contribution in [2.24, 2.45) is 5.41 Å². The van der Waals surface area contributed by atoms with Crippen LogP contribution < -0.4 is 0 Å². The third-order valence-electron chi connectivity index (χ3n) is 2.33. The maximum atomic E-state index is 12.4. The highest BCUT2D eigenvalue weighted by molar-refractivity contribution is 5.27. The Hall–Kier alpha value is -0.940. The van der Waals surface area contributed by atoms with Crippen molar-refractivity contribution >= 4 is 0 Å². The van der Waals surface area contributed by atoms with Gasteiger partial charge in [0, 0.05) is 5.57 Å². The van der Waals surface area contributed by atoms with Gasteiger partial charge >= 0.3 is 12.4 Å². The molecule has 0 aromatic carbocycles. The third-order valence-corrected chi connectivity index (χ3v) is 2.33. The quantitative estimate of drug-likeness (QED) is 0.551. The van der Waals surface area contributed by atoms with Crippen molar-refractivity contribution in [2.75, 3.05) is 0 Å². The van der Waals surface area contributed by atoms with Crippen molar-refractivity contribution in [1.29, 1.82) is 0 Å². The molecule has 1 aliphatic rings. The van der Waals surface area contributed by atoms with E-state index in [4.69, 9.17) is 0 Å². The van der Waals surface area contributed by atoms with Crippen LogP contribution in [-0.4, -0.2) is 12.4 Å². The molecule has 0 N–H and O–H groups in total. The van der Waals surface area contributed by atoms with Gasteiger partial charge in [-0.2, -0.15) is 26.3 Å². The molecular weight excluding hydrogens is 222 g/mol. The molecule has 0 nitrogen and oxygen atoms in total. The third kappa shape index (κ3) is 2.35. The molecule has 0 saturated heterocycles. The SMILES string of the molecule is CC1(C(F)(F)F)C=CC=C(C(F)(F)F)C1. The lowest BCUT2D eigenvalue weighted by atomic mass is 9.79. The van der Waals surface area contributed by atoms with Gasteiger partial charge in [-0.05, 0) is 13.3 Å². The van der Waals surface area contributed by atoms with Gasteiger partial charge in [-0.25, -0.2) is 0 Å². The molecule has 0 amide bonds. The van der Waals surface area contributed by atoms with Crippen LogP contribution in [0.5, 0.6) is 0 Å². The molecule has 0 aromatic rings. The molecule has 0 saturated carbocycles. The average molecular weight is 230 g/mol. The summed E-state index contributed by atoms with van der Waals surface area (Å²) in [5.74, 6) is 0. The molecule has 0 spiro atoms. The molecule has 1 unspecified atom stereocenters. The molecule has 1 rings (SSSR count). The van der Waals surface area contributed by atoms with Gasteiger partial charge in [0.1, 0.15) is 0 Å². The number of hydrogen-bond donors (Lipinski definition) is 0. The number of allylic oxidation sites excluding steroid dienone is 4. The van der Waals surface area contributed by atoms with Gasteiger partial charge in [0.25, 0.3) is 0 Å². The summed E-state index contributed by atoms with van der Waals surface area (Å²) in [5, 5.41) is 0. The Morgan fingerprint density at radius 2 is 1.67 bits per heavy atom. The Bertz CT molecular complexity index is 306. The summed E-state index contributed by atoms with van der Waals surface area (Å²) in [4.78, 5) is 0. The summed E-state index contributed by atoms with van der Waals surface area (Å²) in [7, 11) is 0. The van der Waals surface area contributed by atoms with Crippen LogP contribution in [0.2, 0.25) is 0 Å². The fourth-order valence-electron chi connectivity index (χ4n) is 1.28. The minimum absolute atomic E-state index is 0.674. The van der Waals surface area contributed by atoms with Crippen molar-refractivity contribution in [3.05, 3.63) is 23.8 Å². The first-order valence-corrected chi connectivity index (χ1v) is 4.09. The van der Waals surface area contributed by atoms with Gasteiger partial charge in [0.05, 0.1) is 5.41 Å². The van der Waals surface area contributed by atoms with Gasteiger partial charge < -0.3 is 0 Å². The Kier molecular flexibility index (Phi) is 2.65. The van der Waals surface area contributed by atoms with Crippen molar-refractivity contribution in [3.8, 4) is 0 Å². The second-order valence-electron chi connectivity index (χ2n) is 3.64. The van der Waals surface area contributed by atoms with E-state index in [0.29, 0.717) is 6.08 Å². The van der Waals surface area contributed by atoms with Crippen molar-refractivity contribution in [3.63, 3.8) is 0 Å². The summed E-state index contributed by atoms with van der Waals surface area (Å²) < 4.78 is 73.9. The largest absolute Gasteiger partial charge is 0.412 e. The minimum Gasteiger partial charge on any atom is -0.170 e. The van der Waals surface area contributed by atoms with Crippen LogP contribution in [0, 0.1) is 5.41 Å². The van der Waals surface area contributed by atoms with Gasteiger partial charge in [0.2, 0.25) is 0 Å². The molecule has 86 valence electrons. The van der Waals surface area contributed by atoms with E-state index in [1.54, 1.807) is 0 Å². The fourth-order valence-corrected chi connectivity index (χ4v) is 1.28. The molecule has 6 heteroatoms. The van der Waals surface area contributed by atoms with E-state index >= 15 is 0 Å². The summed E-state index contributed by atoms with van der Waals surface area (Å²) >= 11 is 0. The van der Waals surface area contributed by atoms with Gasteiger partial charge in [-0.15, -0.1) is 0 Å². The van der Waals surface area contributed by atoms with E-state index in [1.807, 2.05) is 0 Å².